The van der Waals surface area contributed by atoms with Gasteiger partial charge in [-0.15, -0.1) is 0 Å². The molecule has 0 radical (unpaired) electrons. The fraction of sp³-hybridized carbons (Fsp3) is 0.571. The average Bonchev–Trinajstić information content (AvgIpc) is 2.43. The third-order valence-corrected chi connectivity index (χ3v) is 5.83. The smallest absolute Gasteiger partial charge is 0.241 e. The first-order valence-electron chi connectivity index (χ1n) is 7.06. The van der Waals surface area contributed by atoms with E-state index >= 15 is 0 Å². The molecule has 1 aromatic carbocycles. The second-order valence-corrected chi connectivity index (χ2v) is 7.66. The first-order chi connectivity index (χ1) is 9.81. The summed E-state index contributed by atoms with van der Waals surface area (Å²) in [6, 6.07) is 2.20. The van der Waals surface area contributed by atoms with Crippen molar-refractivity contribution in [2.45, 2.75) is 44.4 Å². The highest BCUT2D eigenvalue weighted by atomic mass is 79.9. The Kier molecular flexibility index (Phi) is 7.09. The molecule has 4 nitrogen and oxygen atoms in total. The van der Waals surface area contributed by atoms with Gasteiger partial charge in [0.15, 0.2) is 0 Å². The SMILES string of the molecule is CCCCC(CC)CNS(=O)(=O)c1cc(N)c(F)cc1Br. The molecule has 0 spiro atoms. The molecule has 120 valence electrons. The Bertz CT molecular complexity index is 579. The van der Waals surface area contributed by atoms with Gasteiger partial charge in [0.25, 0.3) is 0 Å². The Hall–Kier alpha value is -0.660. The molecule has 0 aliphatic rings. The minimum absolute atomic E-state index is 0.0354. The molecule has 0 amide bonds. The van der Waals surface area contributed by atoms with E-state index in [0.717, 1.165) is 37.8 Å². The number of unbranched alkanes of at least 4 members (excludes halogenated alkanes) is 1. The van der Waals surface area contributed by atoms with Gasteiger partial charge in [-0.1, -0.05) is 33.1 Å². The topological polar surface area (TPSA) is 72.2 Å². The van der Waals surface area contributed by atoms with Crippen molar-refractivity contribution in [1.82, 2.24) is 4.72 Å². The third-order valence-electron chi connectivity index (χ3n) is 3.45. The highest BCUT2D eigenvalue weighted by molar-refractivity contribution is 9.10. The summed E-state index contributed by atoms with van der Waals surface area (Å²) in [4.78, 5) is -0.0354. The number of benzene rings is 1. The van der Waals surface area contributed by atoms with Gasteiger partial charge in [0.05, 0.1) is 10.6 Å². The molecule has 1 atom stereocenters. The molecule has 3 N–H and O–H groups in total. The minimum Gasteiger partial charge on any atom is -0.396 e. The van der Waals surface area contributed by atoms with E-state index in [-0.39, 0.29) is 15.1 Å². The van der Waals surface area contributed by atoms with E-state index in [1.54, 1.807) is 0 Å². The van der Waals surface area contributed by atoms with Gasteiger partial charge in [-0.3, -0.25) is 0 Å². The van der Waals surface area contributed by atoms with Crippen molar-refractivity contribution in [1.29, 1.82) is 0 Å². The number of anilines is 1. The maximum atomic E-state index is 13.3. The van der Waals surface area contributed by atoms with Crippen LogP contribution in [0, 0.1) is 11.7 Å². The van der Waals surface area contributed by atoms with Crippen LogP contribution in [-0.4, -0.2) is 15.0 Å². The van der Waals surface area contributed by atoms with Crippen molar-refractivity contribution < 1.29 is 12.8 Å². The fourth-order valence-corrected chi connectivity index (χ4v) is 4.16. The third kappa shape index (κ3) is 5.23. The minimum atomic E-state index is -3.70. The molecule has 0 fully saturated rings. The van der Waals surface area contributed by atoms with Crippen LogP contribution in [0.5, 0.6) is 0 Å². The predicted molar refractivity (Wildman–Crippen MR) is 87.0 cm³/mol. The summed E-state index contributed by atoms with van der Waals surface area (Å²) < 4.78 is 40.6. The Morgan fingerprint density at radius 2 is 2.05 bits per heavy atom. The summed E-state index contributed by atoms with van der Waals surface area (Å²) >= 11 is 3.07. The zero-order chi connectivity index (χ0) is 16.0. The van der Waals surface area contributed by atoms with E-state index in [9.17, 15) is 12.8 Å². The number of nitrogen functional groups attached to an aromatic ring is 1. The molecule has 21 heavy (non-hydrogen) atoms. The summed E-state index contributed by atoms with van der Waals surface area (Å²) in [5, 5.41) is 0. The van der Waals surface area contributed by atoms with Crippen LogP contribution in [0.25, 0.3) is 0 Å². The van der Waals surface area contributed by atoms with Crippen molar-refractivity contribution in [2.24, 2.45) is 5.92 Å². The summed E-state index contributed by atoms with van der Waals surface area (Å²) in [5.74, 6) is -0.341. The van der Waals surface area contributed by atoms with Crippen LogP contribution in [0.1, 0.15) is 39.5 Å². The molecule has 7 heteroatoms. The monoisotopic (exact) mass is 380 g/mol. The lowest BCUT2D eigenvalue weighted by atomic mass is 10.00. The summed E-state index contributed by atoms with van der Waals surface area (Å²) in [6.45, 7) is 4.53. The molecule has 0 heterocycles. The number of sulfonamides is 1. The number of hydrogen-bond acceptors (Lipinski definition) is 3. The Morgan fingerprint density at radius 3 is 2.62 bits per heavy atom. The summed E-state index contributed by atoms with van der Waals surface area (Å²) in [5.41, 5.74) is 5.26. The van der Waals surface area contributed by atoms with Crippen LogP contribution in [0.4, 0.5) is 10.1 Å². The van der Waals surface area contributed by atoms with E-state index in [0.29, 0.717) is 12.5 Å². The zero-order valence-corrected chi connectivity index (χ0v) is 14.7. The van der Waals surface area contributed by atoms with Crippen molar-refractivity contribution in [2.75, 3.05) is 12.3 Å². The number of hydrogen-bond donors (Lipinski definition) is 2. The van der Waals surface area contributed by atoms with Gasteiger partial charge in [0.1, 0.15) is 5.82 Å². The molecule has 0 saturated heterocycles. The molecule has 0 aliphatic carbocycles. The van der Waals surface area contributed by atoms with Crippen LogP contribution in [0.15, 0.2) is 21.5 Å². The Balaban J connectivity index is 2.84. The average molecular weight is 381 g/mol. The van der Waals surface area contributed by atoms with Gasteiger partial charge < -0.3 is 5.73 Å². The molecule has 1 unspecified atom stereocenters. The second-order valence-electron chi connectivity index (χ2n) is 5.07. The van der Waals surface area contributed by atoms with E-state index in [1.165, 1.54) is 0 Å². The fourth-order valence-electron chi connectivity index (χ4n) is 2.00. The van der Waals surface area contributed by atoms with Crippen LogP contribution in [-0.2, 0) is 10.0 Å². The van der Waals surface area contributed by atoms with Gasteiger partial charge in [-0.25, -0.2) is 17.5 Å². The van der Waals surface area contributed by atoms with E-state index < -0.39 is 15.8 Å². The molecule has 0 aromatic heterocycles. The molecular formula is C14H22BrFN2O2S. The van der Waals surface area contributed by atoms with E-state index in [4.69, 9.17) is 5.73 Å². The largest absolute Gasteiger partial charge is 0.396 e. The van der Waals surface area contributed by atoms with Crippen LogP contribution < -0.4 is 10.5 Å². The van der Waals surface area contributed by atoms with Crippen LogP contribution >= 0.6 is 15.9 Å². The van der Waals surface area contributed by atoms with Crippen molar-refractivity contribution in [3.63, 3.8) is 0 Å². The zero-order valence-electron chi connectivity index (χ0n) is 12.3. The molecule has 0 saturated carbocycles. The Labute approximate surface area is 134 Å². The standard InChI is InChI=1S/C14H22BrFN2O2S/c1-3-5-6-10(4-2)9-18-21(19,20)14-8-13(17)12(16)7-11(14)15/h7-8,10,18H,3-6,9,17H2,1-2H3. The van der Waals surface area contributed by atoms with Crippen molar-refractivity contribution >= 4 is 31.6 Å². The van der Waals surface area contributed by atoms with Crippen LogP contribution in [0.2, 0.25) is 0 Å². The first kappa shape index (κ1) is 18.4. The normalized spacial score (nSPS) is 13.3. The highest BCUT2D eigenvalue weighted by Crippen LogP contribution is 2.26. The highest BCUT2D eigenvalue weighted by Gasteiger charge is 2.20. The first-order valence-corrected chi connectivity index (χ1v) is 9.33. The van der Waals surface area contributed by atoms with Gasteiger partial charge in [0.2, 0.25) is 10.0 Å². The van der Waals surface area contributed by atoms with Crippen LogP contribution in [0.3, 0.4) is 0 Å². The van der Waals surface area contributed by atoms with E-state index in [1.807, 2.05) is 6.92 Å². The number of nitrogens with two attached hydrogens (primary N) is 1. The van der Waals surface area contributed by atoms with Crippen molar-refractivity contribution in [3.8, 4) is 0 Å². The maximum absolute atomic E-state index is 13.3. The molecular weight excluding hydrogens is 359 g/mol. The van der Waals surface area contributed by atoms with Gasteiger partial charge >= 0.3 is 0 Å². The quantitative estimate of drug-likeness (QED) is 0.675. The second kappa shape index (κ2) is 8.10. The summed E-state index contributed by atoms with van der Waals surface area (Å²) in [7, 11) is -3.70. The summed E-state index contributed by atoms with van der Waals surface area (Å²) in [6.07, 6.45) is 4.06. The maximum Gasteiger partial charge on any atom is 0.241 e. The van der Waals surface area contributed by atoms with Crippen molar-refractivity contribution in [3.05, 3.63) is 22.4 Å². The lowest BCUT2D eigenvalue weighted by molar-refractivity contribution is 0.443. The molecule has 1 rings (SSSR count). The predicted octanol–water partition coefficient (Wildman–Crippen LogP) is 3.67. The van der Waals surface area contributed by atoms with Gasteiger partial charge in [-0.2, -0.15) is 0 Å². The van der Waals surface area contributed by atoms with E-state index in [2.05, 4.69) is 27.6 Å². The van der Waals surface area contributed by atoms with Gasteiger partial charge in [-0.05, 0) is 40.4 Å². The Morgan fingerprint density at radius 1 is 1.38 bits per heavy atom. The lowest BCUT2D eigenvalue weighted by Crippen LogP contribution is -2.29. The number of rotatable bonds is 8. The molecule has 0 bridgehead atoms. The number of halogens is 2. The molecule has 0 aliphatic heterocycles. The lowest BCUT2D eigenvalue weighted by Gasteiger charge is -2.16. The van der Waals surface area contributed by atoms with Gasteiger partial charge in [0, 0.05) is 11.0 Å². The number of nitrogens with one attached hydrogen (secondary N) is 1. The molecule has 1 aromatic rings.